The number of nitrogens with one attached hydrogen (secondary N) is 1. The number of pyridine rings is 1. The van der Waals surface area contributed by atoms with E-state index in [-0.39, 0.29) is 18.6 Å². The Balaban J connectivity index is 2.84. The third kappa shape index (κ3) is 4.27. The van der Waals surface area contributed by atoms with Crippen molar-refractivity contribution in [3.05, 3.63) is 28.5 Å². The van der Waals surface area contributed by atoms with Gasteiger partial charge in [0.1, 0.15) is 5.15 Å². The van der Waals surface area contributed by atoms with Gasteiger partial charge in [0.25, 0.3) is 5.91 Å². The summed E-state index contributed by atoms with van der Waals surface area (Å²) in [6.07, 6.45) is 2.42. The summed E-state index contributed by atoms with van der Waals surface area (Å²) in [7, 11) is 0. The minimum Gasteiger partial charge on any atom is -0.394 e. The van der Waals surface area contributed by atoms with Gasteiger partial charge in [-0.3, -0.25) is 4.79 Å². The van der Waals surface area contributed by atoms with Crippen molar-refractivity contribution >= 4 is 17.5 Å². The molecule has 0 spiro atoms. The van der Waals surface area contributed by atoms with Crippen molar-refractivity contribution in [2.24, 2.45) is 0 Å². The van der Waals surface area contributed by atoms with E-state index in [9.17, 15) is 4.79 Å². The predicted octanol–water partition coefficient (Wildman–Crippen LogP) is 2.19. The molecule has 0 aliphatic heterocycles. The van der Waals surface area contributed by atoms with E-state index in [2.05, 4.69) is 10.3 Å². The van der Waals surface area contributed by atoms with Crippen LogP contribution in [0.4, 0.5) is 0 Å². The summed E-state index contributed by atoms with van der Waals surface area (Å²) in [5, 5.41) is 12.1. The lowest BCUT2D eigenvalue weighted by molar-refractivity contribution is 0.0914. The number of aryl methyl sites for hydroxylation is 1. The number of rotatable bonds is 6. The second-order valence-electron chi connectivity index (χ2n) is 4.18. The summed E-state index contributed by atoms with van der Waals surface area (Å²) < 4.78 is 0. The Morgan fingerprint density at radius 2 is 2.22 bits per heavy atom. The molecule has 0 bridgehead atoms. The van der Waals surface area contributed by atoms with Gasteiger partial charge in [-0.05, 0) is 25.0 Å². The molecule has 2 N–H and O–H groups in total. The van der Waals surface area contributed by atoms with E-state index in [1.165, 1.54) is 0 Å². The number of hydrogen-bond acceptors (Lipinski definition) is 3. The molecule has 0 aliphatic carbocycles. The standard InChI is InChI=1S/C13H19ClN2O2/c1-3-5-11-6-9(7-12(14)15-11)13(18)16-10(4-2)8-17/h6-7,10,17H,3-5,8H2,1-2H3,(H,16,18)/t10-/m1/s1. The SMILES string of the molecule is CCCc1cc(C(=O)N[C@H](CC)CO)cc(Cl)n1. The molecule has 0 aliphatic rings. The quantitative estimate of drug-likeness (QED) is 0.779. The number of aromatic nitrogens is 1. The fourth-order valence-electron chi connectivity index (χ4n) is 1.61. The van der Waals surface area contributed by atoms with Gasteiger partial charge in [0, 0.05) is 11.3 Å². The van der Waals surface area contributed by atoms with E-state index in [1.807, 2.05) is 13.8 Å². The number of carbonyl (C=O) groups excluding carboxylic acids is 1. The Bertz CT molecular complexity index is 406. The van der Waals surface area contributed by atoms with Crippen LogP contribution in [-0.4, -0.2) is 28.6 Å². The van der Waals surface area contributed by atoms with Gasteiger partial charge in [-0.25, -0.2) is 4.98 Å². The first-order valence-corrected chi connectivity index (χ1v) is 6.56. The van der Waals surface area contributed by atoms with Crippen LogP contribution in [0, 0.1) is 0 Å². The molecule has 4 nitrogen and oxygen atoms in total. The first-order chi connectivity index (χ1) is 8.60. The smallest absolute Gasteiger partial charge is 0.251 e. The molecule has 0 saturated heterocycles. The highest BCUT2D eigenvalue weighted by molar-refractivity contribution is 6.29. The third-order valence-electron chi connectivity index (χ3n) is 2.66. The second kappa shape index (κ2) is 7.34. The van der Waals surface area contributed by atoms with E-state index in [0.29, 0.717) is 17.1 Å². The van der Waals surface area contributed by atoms with Gasteiger partial charge in [0.05, 0.1) is 12.6 Å². The third-order valence-corrected chi connectivity index (χ3v) is 2.86. The lowest BCUT2D eigenvalue weighted by Gasteiger charge is -2.14. The number of aliphatic hydroxyl groups excluding tert-OH is 1. The van der Waals surface area contributed by atoms with Crippen LogP contribution in [0.2, 0.25) is 5.15 Å². The van der Waals surface area contributed by atoms with Gasteiger partial charge >= 0.3 is 0 Å². The molecule has 0 aromatic carbocycles. The number of amides is 1. The van der Waals surface area contributed by atoms with E-state index in [1.54, 1.807) is 12.1 Å². The van der Waals surface area contributed by atoms with Gasteiger partial charge in [-0.1, -0.05) is 31.9 Å². The Labute approximate surface area is 112 Å². The molecule has 100 valence electrons. The normalized spacial score (nSPS) is 12.2. The zero-order chi connectivity index (χ0) is 13.5. The molecule has 18 heavy (non-hydrogen) atoms. The predicted molar refractivity (Wildman–Crippen MR) is 71.9 cm³/mol. The van der Waals surface area contributed by atoms with E-state index in [0.717, 1.165) is 18.5 Å². The van der Waals surface area contributed by atoms with Crippen LogP contribution in [-0.2, 0) is 6.42 Å². The van der Waals surface area contributed by atoms with Crippen molar-refractivity contribution in [2.75, 3.05) is 6.61 Å². The van der Waals surface area contributed by atoms with Gasteiger partial charge < -0.3 is 10.4 Å². The van der Waals surface area contributed by atoms with Gasteiger partial charge in [0.15, 0.2) is 0 Å². The molecule has 1 amide bonds. The van der Waals surface area contributed by atoms with Crippen LogP contribution in [0.25, 0.3) is 0 Å². The molecular weight excluding hydrogens is 252 g/mol. The summed E-state index contributed by atoms with van der Waals surface area (Å²) >= 11 is 5.89. The van der Waals surface area contributed by atoms with Crippen LogP contribution in [0.3, 0.4) is 0 Å². The fraction of sp³-hybridized carbons (Fsp3) is 0.538. The van der Waals surface area contributed by atoms with Crippen LogP contribution < -0.4 is 5.32 Å². The average Bonchev–Trinajstić information content (AvgIpc) is 2.35. The molecule has 1 atom stereocenters. The Kier molecular flexibility index (Phi) is 6.09. The number of hydrogen-bond donors (Lipinski definition) is 2. The molecule has 0 radical (unpaired) electrons. The maximum absolute atomic E-state index is 12.0. The highest BCUT2D eigenvalue weighted by Crippen LogP contribution is 2.12. The highest BCUT2D eigenvalue weighted by Gasteiger charge is 2.13. The second-order valence-corrected chi connectivity index (χ2v) is 4.57. The van der Waals surface area contributed by atoms with Crippen molar-refractivity contribution in [1.29, 1.82) is 0 Å². The fourth-order valence-corrected chi connectivity index (χ4v) is 1.84. The van der Waals surface area contributed by atoms with Crippen molar-refractivity contribution < 1.29 is 9.90 Å². The number of halogens is 1. The average molecular weight is 271 g/mol. The topological polar surface area (TPSA) is 62.2 Å². The Morgan fingerprint density at radius 3 is 2.78 bits per heavy atom. The number of nitrogens with zero attached hydrogens (tertiary/aromatic N) is 1. The first-order valence-electron chi connectivity index (χ1n) is 6.18. The molecule has 0 saturated carbocycles. The lowest BCUT2D eigenvalue weighted by Crippen LogP contribution is -2.37. The molecule has 5 heteroatoms. The number of carbonyl (C=O) groups is 1. The molecule has 1 aromatic rings. The van der Waals surface area contributed by atoms with Crippen molar-refractivity contribution in [3.8, 4) is 0 Å². The summed E-state index contributed by atoms with van der Waals surface area (Å²) in [6.45, 7) is 3.88. The summed E-state index contributed by atoms with van der Waals surface area (Å²) in [5.74, 6) is -0.224. The maximum atomic E-state index is 12.0. The minimum absolute atomic E-state index is 0.0666. The zero-order valence-corrected chi connectivity index (χ0v) is 11.5. The van der Waals surface area contributed by atoms with Crippen LogP contribution in [0.15, 0.2) is 12.1 Å². The summed E-state index contributed by atoms with van der Waals surface area (Å²) in [5.41, 5.74) is 1.30. The highest BCUT2D eigenvalue weighted by atomic mass is 35.5. The monoisotopic (exact) mass is 270 g/mol. The van der Waals surface area contributed by atoms with Gasteiger partial charge in [-0.15, -0.1) is 0 Å². The van der Waals surface area contributed by atoms with E-state index < -0.39 is 0 Å². The number of aliphatic hydroxyl groups is 1. The first kappa shape index (κ1) is 14.9. The molecule has 0 fully saturated rings. The molecule has 1 aromatic heterocycles. The van der Waals surface area contributed by atoms with Gasteiger partial charge in [-0.2, -0.15) is 0 Å². The Hall–Kier alpha value is -1.13. The maximum Gasteiger partial charge on any atom is 0.251 e. The summed E-state index contributed by atoms with van der Waals surface area (Å²) in [6, 6.07) is 3.06. The zero-order valence-electron chi connectivity index (χ0n) is 10.7. The lowest BCUT2D eigenvalue weighted by atomic mass is 10.1. The van der Waals surface area contributed by atoms with Crippen LogP contribution in [0.5, 0.6) is 0 Å². The van der Waals surface area contributed by atoms with Crippen molar-refractivity contribution in [3.63, 3.8) is 0 Å². The van der Waals surface area contributed by atoms with Crippen LogP contribution in [0.1, 0.15) is 42.7 Å². The van der Waals surface area contributed by atoms with Crippen molar-refractivity contribution in [2.45, 2.75) is 39.2 Å². The van der Waals surface area contributed by atoms with E-state index in [4.69, 9.17) is 16.7 Å². The van der Waals surface area contributed by atoms with Gasteiger partial charge in [0.2, 0.25) is 0 Å². The molecule has 1 rings (SSSR count). The molecule has 0 unspecified atom stereocenters. The summed E-state index contributed by atoms with van der Waals surface area (Å²) in [4.78, 5) is 16.1. The largest absolute Gasteiger partial charge is 0.394 e. The van der Waals surface area contributed by atoms with Crippen LogP contribution >= 0.6 is 11.6 Å². The minimum atomic E-state index is -0.224. The Morgan fingerprint density at radius 1 is 1.50 bits per heavy atom. The molecular formula is C13H19ClN2O2. The van der Waals surface area contributed by atoms with E-state index >= 15 is 0 Å². The molecule has 1 heterocycles. The van der Waals surface area contributed by atoms with Crippen molar-refractivity contribution in [1.82, 2.24) is 10.3 Å².